The second-order valence-corrected chi connectivity index (χ2v) is 6.41. The van der Waals surface area contributed by atoms with E-state index in [9.17, 15) is 14.7 Å². The summed E-state index contributed by atoms with van der Waals surface area (Å²) in [5.74, 6) is -0.883. The highest BCUT2D eigenvalue weighted by atomic mass is 16.6. The molecular weight excluding hydrogens is 320 g/mol. The van der Waals surface area contributed by atoms with Gasteiger partial charge in [0.1, 0.15) is 5.75 Å². The highest BCUT2D eigenvalue weighted by Crippen LogP contribution is 2.40. The standard InChI is InChI=1S/C20H26O5/c1-3-4-5-6-7-8-9-10-15-16(21)11-12-17-19(15)25-20(23)14(2)13-18(22)24-17/h11-12,21H,2-10,13H2,1H3. The van der Waals surface area contributed by atoms with E-state index in [0.29, 0.717) is 12.0 Å². The molecular formula is C20H26O5. The second kappa shape index (κ2) is 9.25. The lowest BCUT2D eigenvalue weighted by molar-refractivity contribution is -0.138. The molecule has 1 aromatic carbocycles. The molecule has 136 valence electrons. The van der Waals surface area contributed by atoms with Crippen molar-refractivity contribution in [2.75, 3.05) is 0 Å². The summed E-state index contributed by atoms with van der Waals surface area (Å²) in [5.41, 5.74) is 0.544. The summed E-state index contributed by atoms with van der Waals surface area (Å²) < 4.78 is 10.6. The van der Waals surface area contributed by atoms with Crippen molar-refractivity contribution in [2.24, 2.45) is 0 Å². The minimum absolute atomic E-state index is 0.0415. The molecule has 1 N–H and O–H groups in total. The molecule has 0 atom stereocenters. The number of fused-ring (bicyclic) bond motifs is 1. The normalized spacial score (nSPS) is 14.4. The van der Waals surface area contributed by atoms with E-state index in [-0.39, 0.29) is 29.2 Å². The Morgan fingerprint density at radius 3 is 2.44 bits per heavy atom. The number of rotatable bonds is 8. The van der Waals surface area contributed by atoms with Gasteiger partial charge in [0.25, 0.3) is 0 Å². The van der Waals surface area contributed by atoms with Gasteiger partial charge < -0.3 is 14.6 Å². The molecule has 0 aliphatic carbocycles. The number of phenolic OH excluding ortho intramolecular Hbond substituents is 1. The molecule has 0 bridgehead atoms. The lowest BCUT2D eigenvalue weighted by atomic mass is 10.0. The zero-order valence-corrected chi connectivity index (χ0v) is 14.8. The number of esters is 2. The number of aromatic hydroxyl groups is 1. The highest BCUT2D eigenvalue weighted by molar-refractivity contribution is 5.96. The van der Waals surface area contributed by atoms with Crippen molar-refractivity contribution in [2.45, 2.75) is 64.7 Å². The van der Waals surface area contributed by atoms with Crippen molar-refractivity contribution >= 4 is 11.9 Å². The van der Waals surface area contributed by atoms with Crippen LogP contribution in [0.1, 0.15) is 63.9 Å². The van der Waals surface area contributed by atoms with Crippen molar-refractivity contribution < 1.29 is 24.2 Å². The SMILES string of the molecule is C=C1CC(=O)Oc2ccc(O)c(CCCCCCCCC)c2OC1=O. The number of ether oxygens (including phenoxy) is 2. The largest absolute Gasteiger partial charge is 0.508 e. The number of hydrogen-bond donors (Lipinski definition) is 1. The predicted octanol–water partition coefficient (Wildman–Crippen LogP) is 4.46. The molecule has 5 nitrogen and oxygen atoms in total. The number of hydrogen-bond acceptors (Lipinski definition) is 5. The molecule has 0 unspecified atom stereocenters. The van der Waals surface area contributed by atoms with Crippen molar-refractivity contribution in [3.05, 3.63) is 29.8 Å². The van der Waals surface area contributed by atoms with E-state index >= 15 is 0 Å². The summed E-state index contributed by atoms with van der Waals surface area (Å²) in [5, 5.41) is 10.2. The maximum absolute atomic E-state index is 12.0. The summed E-state index contributed by atoms with van der Waals surface area (Å²) in [6.45, 7) is 5.73. The fourth-order valence-electron chi connectivity index (χ4n) is 2.86. The minimum atomic E-state index is -0.663. The molecule has 1 aromatic rings. The first-order valence-electron chi connectivity index (χ1n) is 8.98. The average molecular weight is 346 g/mol. The van der Waals surface area contributed by atoms with E-state index in [1.165, 1.54) is 37.8 Å². The van der Waals surface area contributed by atoms with Crippen LogP contribution in [0, 0.1) is 0 Å². The van der Waals surface area contributed by atoms with E-state index in [0.717, 1.165) is 19.3 Å². The fourth-order valence-corrected chi connectivity index (χ4v) is 2.86. The van der Waals surface area contributed by atoms with E-state index in [4.69, 9.17) is 9.47 Å². The van der Waals surface area contributed by atoms with Crippen LogP contribution < -0.4 is 9.47 Å². The first kappa shape index (κ1) is 19.0. The van der Waals surface area contributed by atoms with Crippen LogP contribution in [0.4, 0.5) is 0 Å². The lowest BCUT2D eigenvalue weighted by Crippen LogP contribution is -2.21. The van der Waals surface area contributed by atoms with Crippen molar-refractivity contribution in [3.8, 4) is 17.2 Å². The Balaban J connectivity index is 2.06. The van der Waals surface area contributed by atoms with Gasteiger partial charge in [0, 0.05) is 11.1 Å². The maximum atomic E-state index is 12.0. The monoisotopic (exact) mass is 346 g/mol. The van der Waals surface area contributed by atoms with Gasteiger partial charge in [-0.3, -0.25) is 4.79 Å². The van der Waals surface area contributed by atoms with Gasteiger partial charge >= 0.3 is 11.9 Å². The van der Waals surface area contributed by atoms with Crippen molar-refractivity contribution in [3.63, 3.8) is 0 Å². The molecule has 1 aliphatic heterocycles. The van der Waals surface area contributed by atoms with Crippen molar-refractivity contribution in [1.82, 2.24) is 0 Å². The van der Waals surface area contributed by atoms with Gasteiger partial charge in [-0.25, -0.2) is 4.79 Å². The average Bonchev–Trinajstić information content (AvgIpc) is 2.57. The molecule has 0 saturated carbocycles. The number of phenols is 1. The molecule has 0 aromatic heterocycles. The third kappa shape index (κ3) is 5.34. The molecule has 2 rings (SSSR count). The van der Waals surface area contributed by atoms with Crippen LogP contribution in [0.15, 0.2) is 24.3 Å². The number of benzene rings is 1. The van der Waals surface area contributed by atoms with E-state index < -0.39 is 11.9 Å². The topological polar surface area (TPSA) is 72.8 Å². The maximum Gasteiger partial charge on any atom is 0.339 e. The zero-order valence-electron chi connectivity index (χ0n) is 14.8. The third-order valence-corrected chi connectivity index (χ3v) is 4.29. The van der Waals surface area contributed by atoms with Crippen LogP contribution >= 0.6 is 0 Å². The van der Waals surface area contributed by atoms with E-state index in [1.807, 2.05) is 0 Å². The molecule has 0 fully saturated rings. The molecule has 0 amide bonds. The summed E-state index contributed by atoms with van der Waals surface area (Å²) in [6, 6.07) is 2.91. The van der Waals surface area contributed by atoms with Gasteiger partial charge in [-0.1, -0.05) is 52.0 Å². The molecule has 5 heteroatoms. The Bertz CT molecular complexity index is 648. The van der Waals surface area contributed by atoms with E-state index in [2.05, 4.69) is 13.5 Å². The Morgan fingerprint density at radius 1 is 1.04 bits per heavy atom. The van der Waals surface area contributed by atoms with Crippen molar-refractivity contribution in [1.29, 1.82) is 0 Å². The molecule has 0 saturated heterocycles. The fraction of sp³-hybridized carbons (Fsp3) is 0.500. The predicted molar refractivity (Wildman–Crippen MR) is 94.8 cm³/mol. The smallest absolute Gasteiger partial charge is 0.339 e. The molecule has 1 aliphatic rings. The van der Waals surface area contributed by atoms with Gasteiger partial charge in [0.15, 0.2) is 11.5 Å². The Kier molecular flexibility index (Phi) is 7.04. The third-order valence-electron chi connectivity index (χ3n) is 4.29. The first-order chi connectivity index (χ1) is 12.0. The zero-order chi connectivity index (χ0) is 18.2. The minimum Gasteiger partial charge on any atom is -0.508 e. The lowest BCUT2D eigenvalue weighted by Gasteiger charge is -2.18. The molecule has 0 spiro atoms. The summed E-state index contributed by atoms with van der Waals surface area (Å²) in [7, 11) is 0. The van der Waals surface area contributed by atoms with Gasteiger partial charge in [0.05, 0.1) is 6.42 Å². The van der Waals surface area contributed by atoms with Gasteiger partial charge in [-0.15, -0.1) is 0 Å². The van der Waals surface area contributed by atoms with Crippen LogP contribution in [0.3, 0.4) is 0 Å². The molecule has 0 radical (unpaired) electrons. The van der Waals surface area contributed by atoms with Crippen LogP contribution in [0.5, 0.6) is 17.2 Å². The van der Waals surface area contributed by atoms with E-state index in [1.54, 1.807) is 0 Å². The molecule has 1 heterocycles. The quantitative estimate of drug-likeness (QED) is 0.326. The number of carbonyl (C=O) groups excluding carboxylic acids is 2. The second-order valence-electron chi connectivity index (χ2n) is 6.41. The number of carbonyl (C=O) groups is 2. The van der Waals surface area contributed by atoms with Crippen LogP contribution in [0.2, 0.25) is 0 Å². The summed E-state index contributed by atoms with van der Waals surface area (Å²) >= 11 is 0. The van der Waals surface area contributed by atoms with Crippen LogP contribution in [-0.4, -0.2) is 17.0 Å². The Morgan fingerprint density at radius 2 is 1.72 bits per heavy atom. The van der Waals surface area contributed by atoms with Gasteiger partial charge in [-0.2, -0.15) is 0 Å². The Hall–Kier alpha value is -2.30. The highest BCUT2D eigenvalue weighted by Gasteiger charge is 2.26. The first-order valence-corrected chi connectivity index (χ1v) is 8.98. The number of unbranched alkanes of at least 4 members (excludes halogenated alkanes) is 6. The molecule has 25 heavy (non-hydrogen) atoms. The Labute approximate surface area is 148 Å². The van der Waals surface area contributed by atoms with Crippen LogP contribution in [-0.2, 0) is 16.0 Å². The van der Waals surface area contributed by atoms with Crippen LogP contribution in [0.25, 0.3) is 0 Å². The summed E-state index contributed by atoms with van der Waals surface area (Å²) in [4.78, 5) is 23.8. The van der Waals surface area contributed by atoms with Gasteiger partial charge in [0.2, 0.25) is 0 Å². The van der Waals surface area contributed by atoms with Gasteiger partial charge in [-0.05, 0) is 25.0 Å². The summed E-state index contributed by atoms with van der Waals surface area (Å²) in [6.07, 6.45) is 8.33.